The summed E-state index contributed by atoms with van der Waals surface area (Å²) >= 11 is 3.28. The van der Waals surface area contributed by atoms with Crippen LogP contribution in [0.4, 0.5) is 5.13 Å². The van der Waals surface area contributed by atoms with E-state index in [1.807, 2.05) is 6.07 Å². The number of carbonyl (C=O) groups excluding carboxylic acids is 1. The van der Waals surface area contributed by atoms with Crippen LogP contribution < -0.4 is 14.8 Å². The second kappa shape index (κ2) is 13.5. The molecule has 0 bridgehead atoms. The Balaban J connectivity index is 1.60. The van der Waals surface area contributed by atoms with E-state index in [9.17, 15) is 23.4 Å². The predicted octanol–water partition coefficient (Wildman–Crippen LogP) is 3.28. The highest BCUT2D eigenvalue weighted by Crippen LogP contribution is 2.32. The van der Waals surface area contributed by atoms with Crippen LogP contribution in [-0.2, 0) is 21.5 Å². The van der Waals surface area contributed by atoms with Crippen molar-refractivity contribution in [3.63, 3.8) is 0 Å². The van der Waals surface area contributed by atoms with Gasteiger partial charge in [0, 0.05) is 21.7 Å². The van der Waals surface area contributed by atoms with Crippen LogP contribution >= 0.6 is 33.9 Å². The van der Waals surface area contributed by atoms with E-state index in [1.54, 1.807) is 84.2 Å². The van der Waals surface area contributed by atoms with E-state index in [4.69, 9.17) is 9.47 Å². The first-order valence-corrected chi connectivity index (χ1v) is 16.1. The molecular formula is C28H27IN4O7S2. The molecule has 5 rings (SSSR count). The van der Waals surface area contributed by atoms with Crippen molar-refractivity contribution in [3.8, 4) is 11.5 Å². The van der Waals surface area contributed by atoms with Crippen LogP contribution in [0.2, 0.25) is 0 Å². The van der Waals surface area contributed by atoms with Crippen molar-refractivity contribution in [2.45, 2.75) is 31.2 Å². The van der Waals surface area contributed by atoms with Gasteiger partial charge in [0.2, 0.25) is 5.91 Å². The number of aliphatic hydroxyl groups is 2. The number of hydrogen-bond acceptors (Lipinski definition) is 9. The van der Waals surface area contributed by atoms with Crippen LogP contribution in [0.25, 0.3) is 0 Å². The summed E-state index contributed by atoms with van der Waals surface area (Å²) in [6.45, 7) is -0.979. The molecule has 0 spiro atoms. The summed E-state index contributed by atoms with van der Waals surface area (Å²) in [7, 11) is -4.67. The maximum absolute atomic E-state index is 14.5. The van der Waals surface area contributed by atoms with E-state index < -0.39 is 47.3 Å². The molecule has 2 heterocycles. The van der Waals surface area contributed by atoms with Crippen LogP contribution in [0, 0.1) is 3.57 Å². The van der Waals surface area contributed by atoms with Gasteiger partial charge in [0.1, 0.15) is 23.7 Å². The summed E-state index contributed by atoms with van der Waals surface area (Å²) in [4.78, 5) is 17.2. The summed E-state index contributed by atoms with van der Waals surface area (Å²) in [5.74, 6) is -0.221. The van der Waals surface area contributed by atoms with Crippen LogP contribution in [0.15, 0.2) is 96.5 Å². The van der Waals surface area contributed by atoms with Gasteiger partial charge in [-0.1, -0.05) is 48.5 Å². The molecule has 220 valence electrons. The van der Waals surface area contributed by atoms with Crippen molar-refractivity contribution in [1.82, 2.24) is 13.6 Å². The van der Waals surface area contributed by atoms with E-state index in [2.05, 4.69) is 32.9 Å². The first-order chi connectivity index (χ1) is 20.2. The second-order valence-corrected chi connectivity index (χ2v) is 13.2. The Hall–Kier alpha value is -3.12. The van der Waals surface area contributed by atoms with Gasteiger partial charge in [0.05, 0.1) is 6.54 Å². The standard InChI is InChI=1S/C28H27IN4O7S2/c29-20-9-7-8-19(16-20)17-32-26(39-21-10-3-1-4-11-21)24(35)25(36)27(40-22-12-5-2-6-13-22)33(42(32,37)38)18-23(34)31-28-30-14-15-41-28/h1-16,24-27,35-36H,17-18H2,(H,30,31,34)/t24-,25-,26-,27-/m1/s1. The molecular weight excluding hydrogens is 695 g/mol. The number of thiazole rings is 1. The van der Waals surface area contributed by atoms with Crippen molar-refractivity contribution < 1.29 is 32.9 Å². The maximum atomic E-state index is 14.5. The van der Waals surface area contributed by atoms with Gasteiger partial charge in [0.25, 0.3) is 10.2 Å². The lowest BCUT2D eigenvalue weighted by Crippen LogP contribution is -2.55. The summed E-state index contributed by atoms with van der Waals surface area (Å²) < 4.78 is 43.6. The van der Waals surface area contributed by atoms with Gasteiger partial charge in [-0.15, -0.1) is 19.9 Å². The number of para-hydroxylation sites is 2. The number of carbonyl (C=O) groups is 1. The molecule has 3 aromatic carbocycles. The van der Waals surface area contributed by atoms with Crippen molar-refractivity contribution in [2.24, 2.45) is 0 Å². The first kappa shape index (κ1) is 30.3. The molecule has 3 N–H and O–H groups in total. The number of halogens is 1. The molecule has 1 amide bonds. The van der Waals surface area contributed by atoms with Gasteiger partial charge in [-0.2, -0.15) is 8.42 Å². The Morgan fingerprint density at radius 3 is 2.05 bits per heavy atom. The summed E-state index contributed by atoms with van der Waals surface area (Å²) in [6.07, 6.45) is -5.40. The molecule has 4 atom stereocenters. The topological polar surface area (TPSA) is 142 Å². The van der Waals surface area contributed by atoms with Gasteiger partial charge in [-0.3, -0.25) is 4.79 Å². The van der Waals surface area contributed by atoms with Gasteiger partial charge >= 0.3 is 0 Å². The minimum atomic E-state index is -4.67. The zero-order valence-electron chi connectivity index (χ0n) is 21.9. The molecule has 1 aromatic heterocycles. The van der Waals surface area contributed by atoms with Crippen LogP contribution in [0.5, 0.6) is 11.5 Å². The summed E-state index contributed by atoms with van der Waals surface area (Å²) in [6, 6.07) is 23.8. The molecule has 14 heteroatoms. The second-order valence-electron chi connectivity index (χ2n) is 9.24. The third kappa shape index (κ3) is 7.08. The summed E-state index contributed by atoms with van der Waals surface area (Å²) in [5.41, 5.74) is 0.600. The fourth-order valence-corrected chi connectivity index (χ4v) is 7.23. The third-order valence-corrected chi connectivity index (χ3v) is 9.52. The lowest BCUT2D eigenvalue weighted by Gasteiger charge is -2.33. The molecule has 0 aliphatic carbocycles. The Morgan fingerprint density at radius 1 is 0.905 bits per heavy atom. The average molecular weight is 723 g/mol. The number of rotatable bonds is 9. The number of anilines is 1. The fourth-order valence-electron chi connectivity index (χ4n) is 4.35. The van der Waals surface area contributed by atoms with E-state index in [1.165, 1.54) is 6.20 Å². The lowest BCUT2D eigenvalue weighted by molar-refractivity contribution is -0.131. The number of aliphatic hydroxyl groups excluding tert-OH is 2. The molecule has 42 heavy (non-hydrogen) atoms. The molecule has 1 fully saturated rings. The van der Waals surface area contributed by atoms with E-state index in [0.29, 0.717) is 5.56 Å². The highest BCUT2D eigenvalue weighted by molar-refractivity contribution is 14.1. The van der Waals surface area contributed by atoms with Gasteiger partial charge in [-0.25, -0.2) is 4.98 Å². The SMILES string of the molecule is O=C(CN1[C@H](Oc2ccccc2)[C@H](O)[C@@H](O)[C@@H](Oc2ccccc2)N(Cc2cccc(I)c2)S1(=O)=O)Nc1nccs1. The third-order valence-electron chi connectivity index (χ3n) is 6.30. The van der Waals surface area contributed by atoms with Crippen molar-refractivity contribution in [3.05, 3.63) is 106 Å². The Bertz CT molecular complexity index is 1580. The number of aromatic nitrogens is 1. The molecule has 0 radical (unpaired) electrons. The van der Waals surface area contributed by atoms with E-state index >= 15 is 0 Å². The number of hydrogen-bond donors (Lipinski definition) is 3. The number of benzene rings is 3. The number of nitrogens with one attached hydrogen (secondary N) is 1. The minimum Gasteiger partial charge on any atom is -0.471 e. The predicted molar refractivity (Wildman–Crippen MR) is 165 cm³/mol. The first-order valence-electron chi connectivity index (χ1n) is 12.7. The number of amides is 1. The smallest absolute Gasteiger partial charge is 0.289 e. The Morgan fingerprint density at radius 2 is 1.50 bits per heavy atom. The fraction of sp³-hybridized carbons (Fsp3) is 0.214. The van der Waals surface area contributed by atoms with Crippen molar-refractivity contribution in [2.75, 3.05) is 11.9 Å². The molecule has 1 saturated heterocycles. The van der Waals surface area contributed by atoms with Crippen LogP contribution in [0.1, 0.15) is 5.56 Å². The number of nitrogens with zero attached hydrogens (tertiary/aromatic N) is 3. The van der Waals surface area contributed by atoms with Crippen molar-refractivity contribution in [1.29, 1.82) is 0 Å². The van der Waals surface area contributed by atoms with Gasteiger partial charge in [-0.05, 0) is 64.6 Å². The molecule has 1 aliphatic rings. The van der Waals surface area contributed by atoms with Gasteiger partial charge < -0.3 is 25.0 Å². The highest BCUT2D eigenvalue weighted by atomic mass is 127. The number of ether oxygens (including phenoxy) is 2. The minimum absolute atomic E-state index is 0.223. The molecule has 11 nitrogen and oxygen atoms in total. The quantitative estimate of drug-likeness (QED) is 0.224. The molecule has 0 unspecified atom stereocenters. The molecule has 4 aromatic rings. The van der Waals surface area contributed by atoms with E-state index in [0.717, 1.165) is 23.5 Å². The maximum Gasteiger partial charge on any atom is 0.289 e. The van der Waals surface area contributed by atoms with Gasteiger partial charge in [0.15, 0.2) is 17.6 Å². The summed E-state index contributed by atoms with van der Waals surface area (Å²) in [5, 5.41) is 27.5. The lowest BCUT2D eigenvalue weighted by atomic mass is 10.1. The van der Waals surface area contributed by atoms with E-state index in [-0.39, 0.29) is 23.2 Å². The highest BCUT2D eigenvalue weighted by Gasteiger charge is 2.53. The Kier molecular flexibility index (Phi) is 9.72. The zero-order valence-corrected chi connectivity index (χ0v) is 25.7. The Labute approximate surface area is 260 Å². The zero-order chi connectivity index (χ0) is 29.7. The van der Waals surface area contributed by atoms with Crippen LogP contribution in [-0.4, -0.2) is 69.3 Å². The largest absolute Gasteiger partial charge is 0.471 e. The monoisotopic (exact) mass is 722 g/mol. The normalized spacial score (nSPS) is 22.6. The molecule has 0 saturated carbocycles. The average Bonchev–Trinajstić information content (AvgIpc) is 3.48. The van der Waals surface area contributed by atoms with Crippen molar-refractivity contribution >= 4 is 55.2 Å². The van der Waals surface area contributed by atoms with Crippen LogP contribution in [0.3, 0.4) is 0 Å². The molecule has 1 aliphatic heterocycles.